The Bertz CT molecular complexity index is 896. The van der Waals surface area contributed by atoms with Gasteiger partial charge in [0.15, 0.2) is 5.82 Å². The molecule has 0 aliphatic rings. The van der Waals surface area contributed by atoms with Gasteiger partial charge in [0.25, 0.3) is 5.91 Å². The van der Waals surface area contributed by atoms with Crippen LogP contribution >= 0.6 is 11.6 Å². The van der Waals surface area contributed by atoms with Crippen molar-refractivity contribution in [2.24, 2.45) is 7.05 Å². The smallest absolute Gasteiger partial charge is 0.254 e. The van der Waals surface area contributed by atoms with Crippen molar-refractivity contribution in [2.75, 3.05) is 7.05 Å². The van der Waals surface area contributed by atoms with E-state index >= 15 is 0 Å². The summed E-state index contributed by atoms with van der Waals surface area (Å²) >= 11 is 5.94. The fraction of sp³-hybridized carbons (Fsp3) is 0.250. The topological polar surface area (TPSA) is 51.0 Å². The molecule has 0 radical (unpaired) electrons. The summed E-state index contributed by atoms with van der Waals surface area (Å²) in [6, 6.07) is 14.9. The Balaban J connectivity index is 1.77. The standard InChI is InChI=1S/C20H21ClN4O/c1-13(15-9-11-18(21)12-10-15)24(3)20(26)17-7-5-16(6-8-17)19-22-14(2)25(4)23-19/h5-13H,1-4H3/t13-/m1/s1. The first-order valence-electron chi connectivity index (χ1n) is 8.37. The van der Waals surface area contributed by atoms with E-state index < -0.39 is 0 Å². The van der Waals surface area contributed by atoms with Gasteiger partial charge in [-0.05, 0) is 43.7 Å². The molecule has 1 amide bonds. The minimum Gasteiger partial charge on any atom is -0.335 e. The van der Waals surface area contributed by atoms with Gasteiger partial charge >= 0.3 is 0 Å². The van der Waals surface area contributed by atoms with E-state index in [0.717, 1.165) is 17.0 Å². The Morgan fingerprint density at radius 3 is 2.27 bits per heavy atom. The monoisotopic (exact) mass is 368 g/mol. The number of carbonyl (C=O) groups is 1. The number of amides is 1. The van der Waals surface area contributed by atoms with Gasteiger partial charge in [-0.2, -0.15) is 5.10 Å². The number of nitrogens with zero attached hydrogens (tertiary/aromatic N) is 4. The average Bonchev–Trinajstić information content (AvgIpc) is 2.99. The molecule has 134 valence electrons. The molecule has 1 atom stereocenters. The van der Waals surface area contributed by atoms with E-state index in [0.29, 0.717) is 16.4 Å². The lowest BCUT2D eigenvalue weighted by Gasteiger charge is -2.25. The number of rotatable bonds is 4. The fourth-order valence-electron chi connectivity index (χ4n) is 2.69. The number of carbonyl (C=O) groups excluding carboxylic acids is 1. The van der Waals surface area contributed by atoms with Gasteiger partial charge < -0.3 is 4.90 Å². The van der Waals surface area contributed by atoms with Gasteiger partial charge in [0, 0.05) is 30.2 Å². The van der Waals surface area contributed by atoms with Crippen LogP contribution in [0.2, 0.25) is 5.02 Å². The highest BCUT2D eigenvalue weighted by molar-refractivity contribution is 6.30. The van der Waals surface area contributed by atoms with Crippen molar-refractivity contribution in [1.29, 1.82) is 0 Å². The van der Waals surface area contributed by atoms with E-state index in [2.05, 4.69) is 10.1 Å². The Labute approximate surface area is 158 Å². The summed E-state index contributed by atoms with van der Waals surface area (Å²) < 4.78 is 1.73. The van der Waals surface area contributed by atoms with E-state index in [9.17, 15) is 4.79 Å². The maximum atomic E-state index is 12.8. The molecule has 0 aliphatic heterocycles. The number of hydrogen-bond donors (Lipinski definition) is 0. The van der Waals surface area contributed by atoms with Crippen LogP contribution < -0.4 is 0 Å². The minimum atomic E-state index is -0.0560. The van der Waals surface area contributed by atoms with Crippen molar-refractivity contribution < 1.29 is 4.79 Å². The summed E-state index contributed by atoms with van der Waals surface area (Å²) in [5.41, 5.74) is 2.55. The van der Waals surface area contributed by atoms with Crippen molar-refractivity contribution in [3.8, 4) is 11.4 Å². The summed E-state index contributed by atoms with van der Waals surface area (Å²) in [5.74, 6) is 1.47. The summed E-state index contributed by atoms with van der Waals surface area (Å²) in [4.78, 5) is 18.9. The molecule has 0 saturated heterocycles. The average molecular weight is 369 g/mol. The van der Waals surface area contributed by atoms with Crippen LogP contribution in [0.5, 0.6) is 0 Å². The van der Waals surface area contributed by atoms with Crippen LogP contribution in [0.15, 0.2) is 48.5 Å². The highest BCUT2D eigenvalue weighted by atomic mass is 35.5. The zero-order valence-electron chi connectivity index (χ0n) is 15.3. The van der Waals surface area contributed by atoms with E-state index in [4.69, 9.17) is 11.6 Å². The molecule has 1 aromatic heterocycles. The molecule has 0 aliphatic carbocycles. The van der Waals surface area contributed by atoms with Crippen LogP contribution in [0.1, 0.15) is 34.7 Å². The van der Waals surface area contributed by atoms with E-state index in [-0.39, 0.29) is 11.9 Å². The second kappa shape index (κ2) is 7.30. The fourth-order valence-corrected chi connectivity index (χ4v) is 2.82. The molecule has 3 rings (SSSR count). The van der Waals surface area contributed by atoms with E-state index in [1.165, 1.54) is 0 Å². The summed E-state index contributed by atoms with van der Waals surface area (Å²) in [6.07, 6.45) is 0. The number of aryl methyl sites for hydroxylation is 2. The Morgan fingerprint density at radius 1 is 1.12 bits per heavy atom. The molecule has 26 heavy (non-hydrogen) atoms. The van der Waals surface area contributed by atoms with Gasteiger partial charge in [0.2, 0.25) is 0 Å². The van der Waals surface area contributed by atoms with Gasteiger partial charge in [-0.25, -0.2) is 4.98 Å². The lowest BCUT2D eigenvalue weighted by molar-refractivity contribution is 0.0742. The van der Waals surface area contributed by atoms with Crippen molar-refractivity contribution in [3.05, 3.63) is 70.5 Å². The van der Waals surface area contributed by atoms with Gasteiger partial charge in [-0.3, -0.25) is 9.48 Å². The van der Waals surface area contributed by atoms with Crippen molar-refractivity contribution >= 4 is 17.5 Å². The summed E-state index contributed by atoms with van der Waals surface area (Å²) in [7, 11) is 3.66. The predicted octanol–water partition coefficient (Wildman–Crippen LogP) is 4.28. The molecular formula is C20H21ClN4O. The molecule has 6 heteroatoms. The Hall–Kier alpha value is -2.66. The van der Waals surface area contributed by atoms with Crippen LogP contribution in [0.4, 0.5) is 0 Å². The third kappa shape index (κ3) is 3.63. The first kappa shape index (κ1) is 18.1. The van der Waals surface area contributed by atoms with Gasteiger partial charge in [-0.15, -0.1) is 0 Å². The van der Waals surface area contributed by atoms with E-state index in [1.807, 2.05) is 69.4 Å². The van der Waals surface area contributed by atoms with Crippen LogP contribution in [0, 0.1) is 6.92 Å². The molecule has 0 saturated carbocycles. The molecule has 0 bridgehead atoms. The minimum absolute atomic E-state index is 0.0378. The lowest BCUT2D eigenvalue weighted by Crippen LogP contribution is -2.29. The molecular weight excluding hydrogens is 348 g/mol. The third-order valence-electron chi connectivity index (χ3n) is 4.62. The van der Waals surface area contributed by atoms with Crippen LogP contribution in [0.3, 0.4) is 0 Å². The molecule has 2 aromatic carbocycles. The van der Waals surface area contributed by atoms with Crippen LogP contribution in [-0.4, -0.2) is 32.6 Å². The third-order valence-corrected chi connectivity index (χ3v) is 4.88. The molecule has 0 N–H and O–H groups in total. The second-order valence-electron chi connectivity index (χ2n) is 6.33. The van der Waals surface area contributed by atoms with Gasteiger partial charge in [0.05, 0.1) is 6.04 Å². The maximum Gasteiger partial charge on any atom is 0.254 e. The first-order chi connectivity index (χ1) is 12.4. The van der Waals surface area contributed by atoms with Gasteiger partial charge in [0.1, 0.15) is 5.82 Å². The molecule has 0 spiro atoms. The quantitative estimate of drug-likeness (QED) is 0.690. The molecule has 3 aromatic rings. The first-order valence-corrected chi connectivity index (χ1v) is 8.75. The maximum absolute atomic E-state index is 12.8. The Kier molecular flexibility index (Phi) is 5.09. The van der Waals surface area contributed by atoms with Gasteiger partial charge in [-0.1, -0.05) is 35.9 Å². The predicted molar refractivity (Wildman–Crippen MR) is 103 cm³/mol. The zero-order chi connectivity index (χ0) is 18.8. The van der Waals surface area contributed by atoms with Crippen LogP contribution in [-0.2, 0) is 7.05 Å². The van der Waals surface area contributed by atoms with Crippen LogP contribution in [0.25, 0.3) is 11.4 Å². The largest absolute Gasteiger partial charge is 0.335 e. The van der Waals surface area contributed by atoms with E-state index in [1.54, 1.807) is 16.6 Å². The van der Waals surface area contributed by atoms with Crippen molar-refractivity contribution in [1.82, 2.24) is 19.7 Å². The van der Waals surface area contributed by atoms with Crippen molar-refractivity contribution in [3.63, 3.8) is 0 Å². The number of hydrogen-bond acceptors (Lipinski definition) is 3. The Morgan fingerprint density at radius 2 is 1.73 bits per heavy atom. The highest BCUT2D eigenvalue weighted by Crippen LogP contribution is 2.23. The second-order valence-corrected chi connectivity index (χ2v) is 6.76. The lowest BCUT2D eigenvalue weighted by atomic mass is 10.1. The zero-order valence-corrected chi connectivity index (χ0v) is 16.0. The summed E-state index contributed by atoms with van der Waals surface area (Å²) in [6.45, 7) is 3.90. The molecule has 1 heterocycles. The summed E-state index contributed by atoms with van der Waals surface area (Å²) in [5, 5.41) is 5.05. The number of halogens is 1. The number of benzene rings is 2. The van der Waals surface area contributed by atoms with Crippen molar-refractivity contribution in [2.45, 2.75) is 19.9 Å². The number of aromatic nitrogens is 3. The molecule has 5 nitrogen and oxygen atoms in total. The molecule has 0 fully saturated rings. The molecule has 0 unspecified atom stereocenters. The highest BCUT2D eigenvalue weighted by Gasteiger charge is 2.19. The normalized spacial score (nSPS) is 12.0. The SMILES string of the molecule is Cc1nc(-c2ccc(C(=O)N(C)[C@H](C)c3ccc(Cl)cc3)cc2)nn1C.